The highest BCUT2D eigenvalue weighted by Gasteiger charge is 2.25. The topological polar surface area (TPSA) is 22.6 Å². The van der Waals surface area contributed by atoms with Crippen molar-refractivity contribution in [3.8, 4) is 0 Å². The van der Waals surface area contributed by atoms with Crippen LogP contribution in [-0.2, 0) is 0 Å². The van der Waals surface area contributed by atoms with Crippen molar-refractivity contribution in [3.05, 3.63) is 84.5 Å². The number of nitrogens with zero attached hydrogens (tertiary/aromatic N) is 4. The van der Waals surface area contributed by atoms with E-state index in [1.165, 1.54) is 22.0 Å². The first-order valence-corrected chi connectivity index (χ1v) is 12.2. The number of pyridine rings is 1. The maximum absolute atomic E-state index is 13.3. The van der Waals surface area contributed by atoms with Crippen molar-refractivity contribution in [2.45, 2.75) is 25.2 Å². The summed E-state index contributed by atoms with van der Waals surface area (Å²) in [6, 6.07) is 17.6. The summed E-state index contributed by atoms with van der Waals surface area (Å²) in [5.41, 5.74) is 2.38. The lowest BCUT2D eigenvalue weighted by Gasteiger charge is -2.38. The smallest absolute Gasteiger partial charge is 0.136 e. The maximum Gasteiger partial charge on any atom is 0.136 e. The largest absolute Gasteiger partial charge is 0.375 e. The number of rotatable bonds is 6. The molecule has 0 amide bonds. The van der Waals surface area contributed by atoms with E-state index in [1.54, 1.807) is 12.1 Å². The van der Waals surface area contributed by atoms with Gasteiger partial charge in [0.1, 0.15) is 11.6 Å². The number of fused-ring (bicyclic) bond motifs is 1. The van der Waals surface area contributed by atoms with Gasteiger partial charge >= 0.3 is 0 Å². The summed E-state index contributed by atoms with van der Waals surface area (Å²) < 4.78 is 13.3. The van der Waals surface area contributed by atoms with Gasteiger partial charge in [-0.25, -0.2) is 9.37 Å². The summed E-state index contributed by atoms with van der Waals surface area (Å²) in [6.07, 6.45) is 5.33. The van der Waals surface area contributed by atoms with Crippen molar-refractivity contribution in [2.75, 3.05) is 50.7 Å². The molecule has 2 aliphatic heterocycles. The molecule has 0 N–H and O–H groups in total. The molecule has 0 bridgehead atoms. The molecule has 1 unspecified atom stereocenters. The van der Waals surface area contributed by atoms with Crippen LogP contribution in [0.15, 0.2) is 73.1 Å². The van der Waals surface area contributed by atoms with Crippen molar-refractivity contribution in [2.24, 2.45) is 0 Å². The Morgan fingerprint density at radius 1 is 0.909 bits per heavy atom. The fraction of sp³-hybridized carbons (Fsp3) is 0.393. The van der Waals surface area contributed by atoms with Crippen molar-refractivity contribution in [3.63, 3.8) is 0 Å². The Morgan fingerprint density at radius 3 is 2.52 bits per heavy atom. The molecule has 0 radical (unpaired) electrons. The first-order chi connectivity index (χ1) is 16.2. The van der Waals surface area contributed by atoms with Gasteiger partial charge in [-0.15, -0.1) is 0 Å². The number of aromatic nitrogens is 1. The molecule has 172 valence electrons. The SMILES string of the molecule is C=C1C(c2ccc(F)cc2)CCCN1CCCN1CCN(c2nccc3ccccc23)CC1. The number of likely N-dealkylation sites (tertiary alicyclic amines) is 1. The second kappa shape index (κ2) is 9.92. The predicted octanol–water partition coefficient (Wildman–Crippen LogP) is 5.28. The average molecular weight is 445 g/mol. The number of halogens is 1. The number of hydrogen-bond donors (Lipinski definition) is 0. The monoisotopic (exact) mass is 444 g/mol. The molecule has 0 spiro atoms. The minimum absolute atomic E-state index is 0.173. The van der Waals surface area contributed by atoms with E-state index in [0.29, 0.717) is 5.92 Å². The van der Waals surface area contributed by atoms with Crippen LogP contribution >= 0.6 is 0 Å². The van der Waals surface area contributed by atoms with Gasteiger partial charge in [0, 0.05) is 62.5 Å². The average Bonchev–Trinajstić information content (AvgIpc) is 2.86. The highest BCUT2D eigenvalue weighted by molar-refractivity contribution is 5.92. The van der Waals surface area contributed by atoms with E-state index in [9.17, 15) is 4.39 Å². The number of piperazine rings is 1. The van der Waals surface area contributed by atoms with Gasteiger partial charge in [-0.3, -0.25) is 4.90 Å². The summed E-state index contributed by atoms with van der Waals surface area (Å²) >= 11 is 0. The maximum atomic E-state index is 13.3. The second-order valence-electron chi connectivity index (χ2n) is 9.26. The number of allylic oxidation sites excluding steroid dienone is 1. The van der Waals surface area contributed by atoms with Crippen molar-refractivity contribution < 1.29 is 4.39 Å². The Labute approximate surface area is 196 Å². The third-order valence-electron chi connectivity index (χ3n) is 7.23. The molecule has 5 heteroatoms. The van der Waals surface area contributed by atoms with Crippen LogP contribution in [0.4, 0.5) is 10.2 Å². The van der Waals surface area contributed by atoms with Gasteiger partial charge < -0.3 is 9.80 Å². The van der Waals surface area contributed by atoms with Crippen LogP contribution in [0.3, 0.4) is 0 Å². The Kier molecular flexibility index (Phi) is 6.58. The lowest BCUT2D eigenvalue weighted by atomic mass is 9.88. The standard InChI is InChI=1S/C28H33FN4/c1-22-26(24-9-11-25(29)12-10-24)8-4-16-32(22)17-5-15-31-18-20-33(21-19-31)28-27-7-3-2-6-23(27)13-14-30-28/h2-3,6-7,9-14,26H,1,4-5,8,15-21H2. The first kappa shape index (κ1) is 21.9. The minimum atomic E-state index is -0.173. The van der Waals surface area contributed by atoms with Gasteiger partial charge in [0.25, 0.3) is 0 Å². The molecule has 0 saturated carbocycles. The van der Waals surface area contributed by atoms with Crippen molar-refractivity contribution in [1.82, 2.24) is 14.8 Å². The van der Waals surface area contributed by atoms with Crippen LogP contribution < -0.4 is 4.90 Å². The first-order valence-electron chi connectivity index (χ1n) is 12.2. The van der Waals surface area contributed by atoms with Gasteiger partial charge in [-0.1, -0.05) is 43.0 Å². The zero-order valence-corrected chi connectivity index (χ0v) is 19.3. The summed E-state index contributed by atoms with van der Waals surface area (Å²) in [6.45, 7) is 11.8. The van der Waals surface area contributed by atoms with Crippen LogP contribution in [0, 0.1) is 5.82 Å². The molecule has 0 aliphatic carbocycles. The van der Waals surface area contributed by atoms with Crippen LogP contribution in [0.1, 0.15) is 30.7 Å². The normalized spacial score (nSPS) is 19.9. The third kappa shape index (κ3) is 4.88. The molecule has 1 aromatic heterocycles. The van der Waals surface area contributed by atoms with E-state index in [-0.39, 0.29) is 5.82 Å². The van der Waals surface area contributed by atoms with Crippen molar-refractivity contribution >= 4 is 16.6 Å². The van der Waals surface area contributed by atoms with Gasteiger partial charge in [0.2, 0.25) is 0 Å². The lowest BCUT2D eigenvalue weighted by molar-refractivity contribution is 0.221. The third-order valence-corrected chi connectivity index (χ3v) is 7.23. The van der Waals surface area contributed by atoms with Gasteiger partial charge in [-0.2, -0.15) is 0 Å². The van der Waals surface area contributed by atoms with E-state index in [1.807, 2.05) is 18.3 Å². The summed E-state index contributed by atoms with van der Waals surface area (Å²) in [5, 5.41) is 2.50. The summed E-state index contributed by atoms with van der Waals surface area (Å²) in [5.74, 6) is 1.26. The van der Waals surface area contributed by atoms with Gasteiger partial charge in [0.15, 0.2) is 0 Å². The van der Waals surface area contributed by atoms with E-state index in [0.717, 1.165) is 70.9 Å². The van der Waals surface area contributed by atoms with Gasteiger partial charge in [0.05, 0.1) is 0 Å². The Morgan fingerprint density at radius 2 is 1.70 bits per heavy atom. The van der Waals surface area contributed by atoms with Crippen LogP contribution in [0.25, 0.3) is 10.8 Å². The number of hydrogen-bond acceptors (Lipinski definition) is 4. The van der Waals surface area contributed by atoms with Crippen LogP contribution in [0.5, 0.6) is 0 Å². The number of piperidine rings is 1. The molecule has 3 heterocycles. The zero-order valence-electron chi connectivity index (χ0n) is 19.3. The predicted molar refractivity (Wildman–Crippen MR) is 134 cm³/mol. The molecular formula is C28H33FN4. The molecule has 33 heavy (non-hydrogen) atoms. The molecule has 2 saturated heterocycles. The van der Waals surface area contributed by atoms with E-state index in [4.69, 9.17) is 4.98 Å². The highest BCUT2D eigenvalue weighted by atomic mass is 19.1. The van der Waals surface area contributed by atoms with E-state index < -0.39 is 0 Å². The number of anilines is 1. The molecule has 3 aromatic rings. The van der Waals surface area contributed by atoms with E-state index >= 15 is 0 Å². The van der Waals surface area contributed by atoms with Crippen LogP contribution in [-0.4, -0.2) is 60.6 Å². The fourth-order valence-electron chi connectivity index (χ4n) is 5.35. The molecule has 1 atom stereocenters. The quantitative estimate of drug-likeness (QED) is 0.516. The Balaban J connectivity index is 1.11. The van der Waals surface area contributed by atoms with Crippen LogP contribution in [0.2, 0.25) is 0 Å². The van der Waals surface area contributed by atoms with E-state index in [2.05, 4.69) is 51.6 Å². The zero-order chi connectivity index (χ0) is 22.6. The minimum Gasteiger partial charge on any atom is -0.375 e. The summed E-state index contributed by atoms with van der Waals surface area (Å²) in [7, 11) is 0. The number of benzene rings is 2. The second-order valence-corrected chi connectivity index (χ2v) is 9.26. The molecule has 2 aliphatic rings. The lowest BCUT2D eigenvalue weighted by Crippen LogP contribution is -2.47. The highest BCUT2D eigenvalue weighted by Crippen LogP contribution is 2.34. The molecule has 5 rings (SSSR count). The van der Waals surface area contributed by atoms with Crippen molar-refractivity contribution in [1.29, 1.82) is 0 Å². The molecular weight excluding hydrogens is 411 g/mol. The molecule has 4 nitrogen and oxygen atoms in total. The summed E-state index contributed by atoms with van der Waals surface area (Å²) in [4.78, 5) is 12.2. The Hall–Kier alpha value is -2.92. The molecule has 2 aromatic carbocycles. The fourth-order valence-corrected chi connectivity index (χ4v) is 5.35. The Bertz CT molecular complexity index is 1080. The van der Waals surface area contributed by atoms with Gasteiger partial charge in [-0.05, 0) is 55.0 Å². The molecule has 2 fully saturated rings.